The number of amides is 1. The molecule has 0 unspecified atom stereocenters. The molecule has 3 aromatic rings. The lowest BCUT2D eigenvalue weighted by atomic mass is 10.1. The predicted octanol–water partition coefficient (Wildman–Crippen LogP) is 3.48. The van der Waals surface area contributed by atoms with Crippen LogP contribution in [0.1, 0.15) is 28.8 Å². The molecule has 0 bridgehead atoms. The summed E-state index contributed by atoms with van der Waals surface area (Å²) in [7, 11) is -1.86. The number of hydrogen-bond acceptors (Lipinski definition) is 6. The van der Waals surface area contributed by atoms with Gasteiger partial charge in [-0.25, -0.2) is 13.4 Å². The van der Waals surface area contributed by atoms with Crippen LogP contribution in [0.15, 0.2) is 47.4 Å². The molecule has 0 atom stereocenters. The molecule has 0 saturated carbocycles. The van der Waals surface area contributed by atoms with E-state index in [0.717, 1.165) is 23.1 Å². The van der Waals surface area contributed by atoms with E-state index in [2.05, 4.69) is 10.3 Å². The molecule has 7 nitrogen and oxygen atoms in total. The fraction of sp³-hybridized carbons (Fsp3) is 0.300. The molecule has 1 aromatic heterocycles. The van der Waals surface area contributed by atoms with Crippen LogP contribution in [-0.4, -0.2) is 43.8 Å². The Bertz CT molecular complexity index is 1130. The highest BCUT2D eigenvalue weighted by molar-refractivity contribution is 7.89. The monoisotopic (exact) mass is 431 g/mol. The Hall–Kier alpha value is -2.33. The summed E-state index contributed by atoms with van der Waals surface area (Å²) in [5.74, 6) is -0.266. The highest BCUT2D eigenvalue weighted by Gasteiger charge is 2.27. The van der Waals surface area contributed by atoms with E-state index in [1.54, 1.807) is 37.4 Å². The molecule has 4 rings (SSSR count). The summed E-state index contributed by atoms with van der Waals surface area (Å²) in [6.45, 7) is 1.61. The fourth-order valence-electron chi connectivity index (χ4n) is 3.28. The summed E-state index contributed by atoms with van der Waals surface area (Å²) in [5, 5.41) is 3.22. The number of sulfonamides is 1. The van der Waals surface area contributed by atoms with Crippen LogP contribution in [0.3, 0.4) is 0 Å². The third-order valence-corrected chi connectivity index (χ3v) is 7.64. The van der Waals surface area contributed by atoms with Gasteiger partial charge < -0.3 is 4.74 Å². The molecule has 1 fully saturated rings. The molecule has 9 heteroatoms. The number of nitrogens with one attached hydrogen (secondary N) is 1. The van der Waals surface area contributed by atoms with Crippen LogP contribution in [0.5, 0.6) is 0 Å². The van der Waals surface area contributed by atoms with E-state index in [4.69, 9.17) is 4.74 Å². The fourth-order valence-corrected chi connectivity index (χ4v) is 5.80. The molecule has 0 spiro atoms. The first-order valence-corrected chi connectivity index (χ1v) is 11.5. The molecule has 152 valence electrons. The van der Waals surface area contributed by atoms with Crippen LogP contribution in [-0.2, 0) is 21.4 Å². The summed E-state index contributed by atoms with van der Waals surface area (Å²) < 4.78 is 32.8. The van der Waals surface area contributed by atoms with Gasteiger partial charge in [-0.1, -0.05) is 23.5 Å². The van der Waals surface area contributed by atoms with Gasteiger partial charge in [-0.05, 0) is 48.7 Å². The highest BCUT2D eigenvalue weighted by Crippen LogP contribution is 2.30. The van der Waals surface area contributed by atoms with Crippen LogP contribution < -0.4 is 5.32 Å². The Morgan fingerprint density at radius 2 is 1.90 bits per heavy atom. The minimum Gasteiger partial charge on any atom is -0.380 e. The van der Waals surface area contributed by atoms with Gasteiger partial charge in [0.05, 0.1) is 21.7 Å². The first kappa shape index (κ1) is 20.0. The molecule has 0 aliphatic carbocycles. The maximum atomic E-state index is 12.8. The number of nitrogens with zero attached hydrogens (tertiary/aromatic N) is 2. The van der Waals surface area contributed by atoms with Crippen molar-refractivity contribution >= 4 is 42.6 Å². The van der Waals surface area contributed by atoms with Crippen molar-refractivity contribution in [2.24, 2.45) is 0 Å². The number of anilines is 1. The molecule has 1 N–H and O–H groups in total. The second-order valence-electron chi connectivity index (χ2n) is 6.84. The number of fused-ring (bicyclic) bond motifs is 1. The van der Waals surface area contributed by atoms with Crippen molar-refractivity contribution in [3.8, 4) is 0 Å². The van der Waals surface area contributed by atoms with Crippen molar-refractivity contribution < 1.29 is 17.9 Å². The molecule has 1 aliphatic heterocycles. The topological polar surface area (TPSA) is 88.6 Å². The van der Waals surface area contributed by atoms with E-state index in [9.17, 15) is 13.2 Å². The van der Waals surface area contributed by atoms with Crippen molar-refractivity contribution in [1.29, 1.82) is 0 Å². The number of ether oxygens (including phenoxy) is 1. The van der Waals surface area contributed by atoms with Crippen molar-refractivity contribution in [2.45, 2.75) is 24.3 Å². The molecule has 1 aliphatic rings. The van der Waals surface area contributed by atoms with Crippen molar-refractivity contribution in [1.82, 2.24) is 9.29 Å². The van der Waals surface area contributed by atoms with Crippen LogP contribution in [0.2, 0.25) is 0 Å². The number of methoxy groups -OCH3 is 1. The quantitative estimate of drug-likeness (QED) is 0.646. The Balaban J connectivity index is 1.53. The molecular formula is C20H21N3O4S2. The number of carbonyl (C=O) groups is 1. The first-order chi connectivity index (χ1) is 14.0. The zero-order valence-corrected chi connectivity index (χ0v) is 17.6. The molecule has 1 amide bonds. The second-order valence-corrected chi connectivity index (χ2v) is 9.81. The molecule has 2 aromatic carbocycles. The number of aromatic nitrogens is 1. The number of thiazole rings is 1. The van der Waals surface area contributed by atoms with Crippen LogP contribution >= 0.6 is 11.3 Å². The largest absolute Gasteiger partial charge is 0.380 e. The van der Waals surface area contributed by atoms with E-state index in [1.807, 2.05) is 12.1 Å². The van der Waals surface area contributed by atoms with Crippen LogP contribution in [0, 0.1) is 0 Å². The second kappa shape index (κ2) is 8.19. The third kappa shape index (κ3) is 4.18. The summed E-state index contributed by atoms with van der Waals surface area (Å²) in [6, 6.07) is 12.0. The SMILES string of the molecule is COCc1ccc(C(=O)Nc2nc3ccc(S(=O)(=O)N4CCCC4)cc3s2)cc1. The minimum atomic E-state index is -3.48. The van der Waals surface area contributed by atoms with Crippen molar-refractivity contribution in [3.05, 3.63) is 53.6 Å². The lowest BCUT2D eigenvalue weighted by Gasteiger charge is -2.15. The Labute approximate surface area is 173 Å². The minimum absolute atomic E-state index is 0.266. The highest BCUT2D eigenvalue weighted by atomic mass is 32.2. The number of benzene rings is 2. The maximum Gasteiger partial charge on any atom is 0.257 e. The molecule has 0 radical (unpaired) electrons. The zero-order chi connectivity index (χ0) is 20.4. The third-order valence-electron chi connectivity index (χ3n) is 4.81. The molecule has 1 saturated heterocycles. The van der Waals surface area contributed by atoms with E-state index in [1.165, 1.54) is 15.6 Å². The van der Waals surface area contributed by atoms with Gasteiger partial charge in [-0.2, -0.15) is 4.31 Å². The van der Waals surface area contributed by atoms with E-state index >= 15 is 0 Å². The van der Waals surface area contributed by atoms with Crippen LogP contribution in [0.4, 0.5) is 5.13 Å². The average molecular weight is 432 g/mol. The lowest BCUT2D eigenvalue weighted by molar-refractivity contribution is 0.102. The smallest absolute Gasteiger partial charge is 0.257 e. The summed E-state index contributed by atoms with van der Waals surface area (Å²) in [4.78, 5) is 17.2. The number of rotatable bonds is 6. The number of carbonyl (C=O) groups excluding carboxylic acids is 1. The molecule has 2 heterocycles. The maximum absolute atomic E-state index is 12.8. The molecule has 29 heavy (non-hydrogen) atoms. The van der Waals surface area contributed by atoms with Gasteiger partial charge in [0.2, 0.25) is 10.0 Å². The zero-order valence-electron chi connectivity index (χ0n) is 15.9. The number of hydrogen-bond donors (Lipinski definition) is 1. The van der Waals surface area contributed by atoms with Gasteiger partial charge >= 0.3 is 0 Å². The summed E-state index contributed by atoms with van der Waals surface area (Å²) in [6.07, 6.45) is 1.79. The molecular weight excluding hydrogens is 410 g/mol. The van der Waals surface area contributed by atoms with E-state index in [0.29, 0.717) is 35.9 Å². The normalized spacial score (nSPS) is 15.1. The lowest BCUT2D eigenvalue weighted by Crippen LogP contribution is -2.27. The Morgan fingerprint density at radius 3 is 2.59 bits per heavy atom. The predicted molar refractivity (Wildman–Crippen MR) is 113 cm³/mol. The van der Waals surface area contributed by atoms with Crippen LogP contribution in [0.25, 0.3) is 10.2 Å². The average Bonchev–Trinajstić information content (AvgIpc) is 3.38. The van der Waals surface area contributed by atoms with Gasteiger partial charge in [0.15, 0.2) is 5.13 Å². The Kier molecular flexibility index (Phi) is 5.64. The summed E-state index contributed by atoms with van der Waals surface area (Å²) in [5.41, 5.74) is 2.15. The van der Waals surface area contributed by atoms with Gasteiger partial charge in [-0.3, -0.25) is 10.1 Å². The van der Waals surface area contributed by atoms with Crippen molar-refractivity contribution in [2.75, 3.05) is 25.5 Å². The Morgan fingerprint density at radius 1 is 1.17 bits per heavy atom. The first-order valence-electron chi connectivity index (χ1n) is 9.27. The van der Waals surface area contributed by atoms with Gasteiger partial charge in [0.25, 0.3) is 5.91 Å². The van der Waals surface area contributed by atoms with Gasteiger partial charge in [-0.15, -0.1) is 0 Å². The standard InChI is InChI=1S/C20H21N3O4S2/c1-27-13-14-4-6-15(7-5-14)19(24)22-20-21-17-9-8-16(12-18(17)28-20)29(25,26)23-10-2-3-11-23/h4-9,12H,2-3,10-11,13H2,1H3,(H,21,22,24). The van der Waals surface area contributed by atoms with Gasteiger partial charge in [0.1, 0.15) is 0 Å². The van der Waals surface area contributed by atoms with E-state index in [-0.39, 0.29) is 10.8 Å². The summed E-state index contributed by atoms with van der Waals surface area (Å²) >= 11 is 1.26. The van der Waals surface area contributed by atoms with Crippen molar-refractivity contribution in [3.63, 3.8) is 0 Å². The van der Waals surface area contributed by atoms with E-state index < -0.39 is 10.0 Å². The van der Waals surface area contributed by atoms with Gasteiger partial charge in [0, 0.05) is 25.8 Å².